The van der Waals surface area contributed by atoms with Gasteiger partial charge in [-0.2, -0.15) is 5.10 Å². The first kappa shape index (κ1) is 19.5. The highest BCUT2D eigenvalue weighted by atomic mass is 16.5. The van der Waals surface area contributed by atoms with Crippen LogP contribution in [0.2, 0.25) is 0 Å². The van der Waals surface area contributed by atoms with E-state index in [1.807, 2.05) is 55.5 Å². The minimum Gasteiger partial charge on any atom is -0.494 e. The second-order valence-corrected chi connectivity index (χ2v) is 5.83. The van der Waals surface area contributed by atoms with Crippen molar-refractivity contribution in [2.45, 2.75) is 33.1 Å². The molecule has 0 heterocycles. The minimum absolute atomic E-state index is 0.0745. The molecule has 138 valence electrons. The van der Waals surface area contributed by atoms with Crippen molar-refractivity contribution in [1.29, 1.82) is 0 Å². The summed E-state index contributed by atoms with van der Waals surface area (Å²) in [4.78, 5) is 11.8. The topological polar surface area (TPSA) is 59.9 Å². The van der Waals surface area contributed by atoms with Crippen molar-refractivity contribution in [2.75, 3.05) is 13.2 Å². The number of nitrogens with zero attached hydrogens (tertiary/aromatic N) is 1. The fraction of sp³-hybridized carbons (Fsp3) is 0.333. The molecular weight excluding hydrogens is 328 g/mol. The minimum atomic E-state index is -0.303. The number of carbonyl (C=O) groups excluding carboxylic acids is 1. The Balaban J connectivity index is 1.72. The summed E-state index contributed by atoms with van der Waals surface area (Å²) < 4.78 is 10.8. The van der Waals surface area contributed by atoms with Crippen LogP contribution in [0.4, 0.5) is 0 Å². The van der Waals surface area contributed by atoms with Gasteiger partial charge in [-0.05, 0) is 67.3 Å². The van der Waals surface area contributed by atoms with E-state index >= 15 is 0 Å². The molecule has 0 saturated heterocycles. The summed E-state index contributed by atoms with van der Waals surface area (Å²) in [6, 6.07) is 15.3. The number of hydrazone groups is 1. The third-order valence-corrected chi connectivity index (χ3v) is 3.71. The molecule has 0 unspecified atom stereocenters. The molecule has 5 heteroatoms. The SMILES string of the molecule is CCCCc1ccc(OCC(=O)NN=Cc2ccc(OCC)cc2)cc1. The molecule has 0 radical (unpaired) electrons. The van der Waals surface area contributed by atoms with Gasteiger partial charge in [0.15, 0.2) is 6.61 Å². The van der Waals surface area contributed by atoms with Crippen molar-refractivity contribution in [3.05, 3.63) is 59.7 Å². The van der Waals surface area contributed by atoms with Crippen LogP contribution in [0, 0.1) is 0 Å². The number of ether oxygens (including phenoxy) is 2. The van der Waals surface area contributed by atoms with Crippen LogP contribution in [-0.2, 0) is 11.2 Å². The lowest BCUT2D eigenvalue weighted by molar-refractivity contribution is -0.123. The average molecular weight is 354 g/mol. The van der Waals surface area contributed by atoms with Crippen LogP contribution in [-0.4, -0.2) is 25.3 Å². The fourth-order valence-corrected chi connectivity index (χ4v) is 2.31. The van der Waals surface area contributed by atoms with Gasteiger partial charge in [-0.15, -0.1) is 0 Å². The Morgan fingerprint density at radius 1 is 1.00 bits per heavy atom. The molecule has 0 aromatic heterocycles. The zero-order valence-electron chi connectivity index (χ0n) is 15.4. The van der Waals surface area contributed by atoms with E-state index in [2.05, 4.69) is 17.5 Å². The van der Waals surface area contributed by atoms with Crippen LogP contribution < -0.4 is 14.9 Å². The lowest BCUT2D eigenvalue weighted by atomic mass is 10.1. The predicted molar refractivity (Wildman–Crippen MR) is 104 cm³/mol. The van der Waals surface area contributed by atoms with Gasteiger partial charge >= 0.3 is 0 Å². The molecule has 1 amide bonds. The number of carbonyl (C=O) groups is 1. The summed E-state index contributed by atoms with van der Waals surface area (Å²) in [5.41, 5.74) is 4.61. The molecule has 2 aromatic carbocycles. The highest BCUT2D eigenvalue weighted by Crippen LogP contribution is 2.14. The van der Waals surface area contributed by atoms with E-state index < -0.39 is 0 Å². The number of benzene rings is 2. The molecule has 0 aliphatic heterocycles. The van der Waals surface area contributed by atoms with E-state index in [0.717, 1.165) is 17.7 Å². The average Bonchev–Trinajstić information content (AvgIpc) is 2.67. The Labute approximate surface area is 155 Å². The zero-order valence-corrected chi connectivity index (χ0v) is 15.4. The molecule has 2 rings (SSSR count). The van der Waals surface area contributed by atoms with E-state index in [1.165, 1.54) is 18.4 Å². The van der Waals surface area contributed by atoms with Gasteiger partial charge in [0.1, 0.15) is 11.5 Å². The Morgan fingerprint density at radius 3 is 2.31 bits per heavy atom. The molecule has 5 nitrogen and oxygen atoms in total. The molecule has 1 N–H and O–H groups in total. The van der Waals surface area contributed by atoms with E-state index in [0.29, 0.717) is 12.4 Å². The van der Waals surface area contributed by atoms with Gasteiger partial charge < -0.3 is 9.47 Å². The first-order valence-electron chi connectivity index (χ1n) is 8.97. The quantitative estimate of drug-likeness (QED) is 0.519. The first-order chi connectivity index (χ1) is 12.7. The lowest BCUT2D eigenvalue weighted by Crippen LogP contribution is -2.24. The number of hydrogen-bond donors (Lipinski definition) is 1. The molecule has 0 bridgehead atoms. The molecule has 26 heavy (non-hydrogen) atoms. The summed E-state index contributed by atoms with van der Waals surface area (Å²) >= 11 is 0. The number of aryl methyl sites for hydroxylation is 1. The maximum Gasteiger partial charge on any atom is 0.277 e. The fourth-order valence-electron chi connectivity index (χ4n) is 2.31. The van der Waals surface area contributed by atoms with Gasteiger partial charge in [-0.3, -0.25) is 4.79 Å². The van der Waals surface area contributed by atoms with Crippen molar-refractivity contribution in [3.8, 4) is 11.5 Å². The van der Waals surface area contributed by atoms with E-state index in [4.69, 9.17) is 9.47 Å². The smallest absolute Gasteiger partial charge is 0.277 e. The highest BCUT2D eigenvalue weighted by Gasteiger charge is 2.02. The summed E-state index contributed by atoms with van der Waals surface area (Å²) in [6.45, 7) is 4.67. The van der Waals surface area contributed by atoms with E-state index in [9.17, 15) is 4.79 Å². The van der Waals surface area contributed by atoms with Crippen LogP contribution in [0.3, 0.4) is 0 Å². The molecule has 0 spiro atoms. The Hall–Kier alpha value is -2.82. The van der Waals surface area contributed by atoms with Crippen LogP contribution in [0.1, 0.15) is 37.8 Å². The molecule has 2 aromatic rings. The van der Waals surface area contributed by atoms with Crippen LogP contribution in [0.15, 0.2) is 53.6 Å². The largest absolute Gasteiger partial charge is 0.494 e. The number of unbranched alkanes of at least 4 members (excludes halogenated alkanes) is 1. The monoisotopic (exact) mass is 354 g/mol. The summed E-state index contributed by atoms with van der Waals surface area (Å²) in [5.74, 6) is 1.18. The van der Waals surface area contributed by atoms with Crippen LogP contribution in [0.25, 0.3) is 0 Å². The summed E-state index contributed by atoms with van der Waals surface area (Å²) in [5, 5.41) is 3.93. The highest BCUT2D eigenvalue weighted by molar-refractivity contribution is 5.83. The Morgan fingerprint density at radius 2 is 1.65 bits per heavy atom. The molecule has 0 aliphatic carbocycles. The Kier molecular flexibility index (Phi) is 8.19. The van der Waals surface area contributed by atoms with Crippen molar-refractivity contribution < 1.29 is 14.3 Å². The second kappa shape index (κ2) is 10.9. The van der Waals surface area contributed by atoms with Crippen LogP contribution >= 0.6 is 0 Å². The normalized spacial score (nSPS) is 10.7. The van der Waals surface area contributed by atoms with Crippen molar-refractivity contribution in [2.24, 2.45) is 5.10 Å². The molecular formula is C21H26N2O3. The van der Waals surface area contributed by atoms with Gasteiger partial charge in [-0.1, -0.05) is 25.5 Å². The van der Waals surface area contributed by atoms with E-state index in [1.54, 1.807) is 6.21 Å². The van der Waals surface area contributed by atoms with Crippen molar-refractivity contribution in [1.82, 2.24) is 5.43 Å². The summed E-state index contributed by atoms with van der Waals surface area (Å²) in [7, 11) is 0. The molecule has 0 atom stereocenters. The van der Waals surface area contributed by atoms with Crippen LogP contribution in [0.5, 0.6) is 11.5 Å². The molecule has 0 saturated carbocycles. The van der Waals surface area contributed by atoms with Gasteiger partial charge in [0.25, 0.3) is 5.91 Å². The third-order valence-electron chi connectivity index (χ3n) is 3.71. The van der Waals surface area contributed by atoms with Gasteiger partial charge in [-0.25, -0.2) is 5.43 Å². The number of nitrogens with one attached hydrogen (secondary N) is 1. The number of hydrogen-bond acceptors (Lipinski definition) is 4. The standard InChI is InChI=1S/C21H26N2O3/c1-3-5-6-17-7-11-20(12-8-17)26-16-21(24)23-22-15-18-9-13-19(14-10-18)25-4-2/h7-15H,3-6,16H2,1-2H3,(H,23,24). The number of rotatable bonds is 10. The van der Waals surface area contributed by atoms with Gasteiger partial charge in [0.2, 0.25) is 0 Å². The lowest BCUT2D eigenvalue weighted by Gasteiger charge is -2.06. The maximum absolute atomic E-state index is 11.8. The summed E-state index contributed by atoms with van der Waals surface area (Å²) in [6.07, 6.45) is 5.00. The van der Waals surface area contributed by atoms with Gasteiger partial charge in [0, 0.05) is 0 Å². The first-order valence-corrected chi connectivity index (χ1v) is 8.97. The zero-order chi connectivity index (χ0) is 18.6. The maximum atomic E-state index is 11.8. The molecule has 0 fully saturated rings. The van der Waals surface area contributed by atoms with Crippen molar-refractivity contribution >= 4 is 12.1 Å². The van der Waals surface area contributed by atoms with Gasteiger partial charge in [0.05, 0.1) is 12.8 Å². The van der Waals surface area contributed by atoms with E-state index in [-0.39, 0.29) is 12.5 Å². The Bertz CT molecular complexity index is 694. The third kappa shape index (κ3) is 6.97. The predicted octanol–water partition coefficient (Wildman–Crippen LogP) is 3.96. The molecule has 0 aliphatic rings. The number of amides is 1. The van der Waals surface area contributed by atoms with Crippen molar-refractivity contribution in [3.63, 3.8) is 0 Å². The second-order valence-electron chi connectivity index (χ2n) is 5.83.